The van der Waals surface area contributed by atoms with Crippen LogP contribution < -0.4 is 10.1 Å². The van der Waals surface area contributed by atoms with Crippen LogP contribution in [0.5, 0.6) is 11.8 Å². The number of carbonyl (C=O) groups is 1. The molecule has 37 heavy (non-hydrogen) atoms. The van der Waals surface area contributed by atoms with E-state index in [4.69, 9.17) is 11.6 Å². The number of benzene rings is 2. The first-order valence-electron chi connectivity index (χ1n) is 10.1. The van der Waals surface area contributed by atoms with Crippen LogP contribution in [0.4, 0.5) is 26.3 Å². The predicted molar refractivity (Wildman–Crippen MR) is 117 cm³/mol. The van der Waals surface area contributed by atoms with E-state index in [-0.39, 0.29) is 39.9 Å². The van der Waals surface area contributed by atoms with Gasteiger partial charge >= 0.3 is 18.5 Å². The average Bonchev–Trinajstić information content (AvgIpc) is 2.80. The van der Waals surface area contributed by atoms with Crippen LogP contribution in [0.2, 0.25) is 5.02 Å². The summed E-state index contributed by atoms with van der Waals surface area (Å²) in [5.41, 5.74) is -2.65. The maximum atomic E-state index is 13.2. The highest BCUT2D eigenvalue weighted by Gasteiger charge is 2.57. The summed E-state index contributed by atoms with van der Waals surface area (Å²) in [5.74, 6) is -2.39. The predicted octanol–water partition coefficient (Wildman–Crippen LogP) is 5.05. The molecule has 0 radical (unpaired) electrons. The Balaban J connectivity index is 1.91. The number of carbonyl (C=O) groups excluding carboxylic acids is 1. The van der Waals surface area contributed by atoms with Gasteiger partial charge in [-0.15, -0.1) is 13.2 Å². The molecule has 2 aromatic carbocycles. The zero-order chi connectivity index (χ0) is 27.6. The van der Waals surface area contributed by atoms with E-state index in [9.17, 15) is 36.2 Å². The first kappa shape index (κ1) is 27.9. The third-order valence-corrected chi connectivity index (χ3v) is 5.39. The number of methoxy groups -OCH3 is 1. The molecular formula is C22H17ClF6N4O4. The Morgan fingerprint density at radius 3 is 2.32 bits per heavy atom. The number of rotatable bonds is 7. The van der Waals surface area contributed by atoms with Crippen molar-refractivity contribution in [3.8, 4) is 34.5 Å². The van der Waals surface area contributed by atoms with Crippen molar-refractivity contribution in [2.45, 2.75) is 31.6 Å². The molecule has 0 fully saturated rings. The van der Waals surface area contributed by atoms with Crippen molar-refractivity contribution in [3.63, 3.8) is 0 Å². The molecule has 2 N–H and O–H groups in total. The Bertz CT molecular complexity index is 1300. The van der Waals surface area contributed by atoms with Crippen molar-refractivity contribution in [3.05, 3.63) is 53.1 Å². The Morgan fingerprint density at radius 2 is 1.70 bits per heavy atom. The second kappa shape index (κ2) is 10.4. The molecule has 0 aliphatic heterocycles. The van der Waals surface area contributed by atoms with Gasteiger partial charge in [-0.3, -0.25) is 4.79 Å². The normalized spacial score (nSPS) is 13.6. The quantitative estimate of drug-likeness (QED) is 0.397. The molecule has 0 bridgehead atoms. The van der Waals surface area contributed by atoms with Crippen LogP contribution in [-0.2, 0) is 16.1 Å². The lowest BCUT2D eigenvalue weighted by Crippen LogP contribution is -2.55. The zero-order valence-corrected chi connectivity index (χ0v) is 19.7. The smallest absolute Gasteiger partial charge is 0.479 e. The summed E-state index contributed by atoms with van der Waals surface area (Å²) in [7, 11) is 0.753. The number of alkyl halides is 6. The highest BCUT2D eigenvalue weighted by Crippen LogP contribution is 2.34. The third-order valence-electron chi connectivity index (χ3n) is 5.06. The molecular weight excluding hydrogens is 534 g/mol. The van der Waals surface area contributed by atoms with Gasteiger partial charge in [0.2, 0.25) is 5.60 Å². The van der Waals surface area contributed by atoms with Gasteiger partial charge in [-0.05, 0) is 36.8 Å². The average molecular weight is 551 g/mol. The number of ether oxygens (including phenoxy) is 2. The van der Waals surface area contributed by atoms with E-state index in [1.165, 1.54) is 30.3 Å². The maximum absolute atomic E-state index is 13.2. The number of halogens is 7. The summed E-state index contributed by atoms with van der Waals surface area (Å²) in [6.07, 6.45) is -9.91. The molecule has 1 amide bonds. The highest BCUT2D eigenvalue weighted by atomic mass is 35.5. The van der Waals surface area contributed by atoms with Gasteiger partial charge < -0.3 is 19.9 Å². The van der Waals surface area contributed by atoms with E-state index in [0.29, 0.717) is 6.92 Å². The zero-order valence-electron chi connectivity index (χ0n) is 18.9. The molecule has 0 saturated heterocycles. The summed E-state index contributed by atoms with van der Waals surface area (Å²) >= 11 is 6.21. The summed E-state index contributed by atoms with van der Waals surface area (Å²) in [5, 5.41) is 12.2. The van der Waals surface area contributed by atoms with Gasteiger partial charge in [0.15, 0.2) is 11.6 Å². The van der Waals surface area contributed by atoms with Crippen LogP contribution in [0.25, 0.3) is 22.8 Å². The molecule has 0 aliphatic rings. The van der Waals surface area contributed by atoms with E-state index in [0.717, 1.165) is 19.2 Å². The van der Waals surface area contributed by atoms with Gasteiger partial charge in [-0.2, -0.15) is 23.1 Å². The molecule has 1 heterocycles. The van der Waals surface area contributed by atoms with Crippen LogP contribution in [0.15, 0.2) is 42.5 Å². The van der Waals surface area contributed by atoms with Crippen LogP contribution in [0, 0.1) is 0 Å². The molecule has 0 unspecified atom stereocenters. The largest absolute Gasteiger partial charge is 0.573 e. The number of aromatic hydroxyl groups is 1. The standard InChI is InChI=1S/C22H17ClF6N4O4/c1-20(36-2,21(24,25)26)18(34)30-10-11-6-7-15(23)14(8-11)17-31-16(32-19(35)33-17)12-4-3-5-13(9-12)37-22(27,28)29/h3-9H,10H2,1-2H3,(H,30,34)(H,31,32,33,35)/t20-/m1/s1. The Kier molecular flexibility index (Phi) is 7.83. The Hall–Kier alpha value is -3.65. The SMILES string of the molecule is CO[C@](C)(C(=O)NCc1ccc(Cl)c(-c2nc(O)nc(-c3cccc(OC(F)(F)F)c3)n2)c1)C(F)(F)F. The van der Waals surface area contributed by atoms with Gasteiger partial charge in [-0.1, -0.05) is 29.8 Å². The lowest BCUT2D eigenvalue weighted by Gasteiger charge is -2.29. The van der Waals surface area contributed by atoms with Crippen LogP contribution in [0.1, 0.15) is 12.5 Å². The third kappa shape index (κ3) is 6.57. The van der Waals surface area contributed by atoms with Crippen molar-refractivity contribution < 1.29 is 45.7 Å². The van der Waals surface area contributed by atoms with Crippen molar-refractivity contribution in [1.29, 1.82) is 0 Å². The van der Waals surface area contributed by atoms with Crippen molar-refractivity contribution in [2.24, 2.45) is 0 Å². The molecule has 0 spiro atoms. The lowest BCUT2D eigenvalue weighted by atomic mass is 10.0. The van der Waals surface area contributed by atoms with E-state index in [2.05, 4.69) is 29.7 Å². The fourth-order valence-electron chi connectivity index (χ4n) is 2.99. The summed E-state index contributed by atoms with van der Waals surface area (Å²) in [6, 6.07) is 8.01. The van der Waals surface area contributed by atoms with E-state index >= 15 is 0 Å². The molecule has 8 nitrogen and oxygen atoms in total. The number of nitrogens with one attached hydrogen (secondary N) is 1. The van der Waals surface area contributed by atoms with Crippen LogP contribution in [0.3, 0.4) is 0 Å². The second-order valence-corrected chi connectivity index (χ2v) is 8.00. The fourth-order valence-corrected chi connectivity index (χ4v) is 3.19. The second-order valence-electron chi connectivity index (χ2n) is 7.59. The van der Waals surface area contributed by atoms with E-state index < -0.39 is 35.8 Å². The number of aromatic nitrogens is 3. The van der Waals surface area contributed by atoms with Crippen molar-refractivity contribution in [1.82, 2.24) is 20.3 Å². The first-order chi connectivity index (χ1) is 17.1. The monoisotopic (exact) mass is 550 g/mol. The number of nitrogens with zero attached hydrogens (tertiary/aromatic N) is 3. The van der Waals surface area contributed by atoms with Crippen LogP contribution in [-0.4, -0.2) is 51.2 Å². The fraction of sp³-hybridized carbons (Fsp3) is 0.273. The van der Waals surface area contributed by atoms with Crippen molar-refractivity contribution >= 4 is 17.5 Å². The number of amides is 1. The van der Waals surface area contributed by atoms with Gasteiger partial charge in [0.05, 0.1) is 5.02 Å². The summed E-state index contributed by atoms with van der Waals surface area (Å²) in [6.45, 7) is 0.221. The number of hydrogen-bond donors (Lipinski definition) is 2. The number of hydrogen-bond acceptors (Lipinski definition) is 7. The summed E-state index contributed by atoms with van der Waals surface area (Å²) < 4.78 is 85.6. The van der Waals surface area contributed by atoms with Gasteiger partial charge in [0, 0.05) is 24.8 Å². The maximum Gasteiger partial charge on any atom is 0.573 e. The minimum atomic E-state index is -4.97. The molecule has 0 aliphatic carbocycles. The topological polar surface area (TPSA) is 106 Å². The highest BCUT2D eigenvalue weighted by molar-refractivity contribution is 6.33. The molecule has 3 aromatic rings. The van der Waals surface area contributed by atoms with Crippen molar-refractivity contribution in [2.75, 3.05) is 7.11 Å². The van der Waals surface area contributed by atoms with Crippen LogP contribution >= 0.6 is 11.6 Å². The molecule has 1 atom stereocenters. The molecule has 15 heteroatoms. The Morgan fingerprint density at radius 1 is 1.03 bits per heavy atom. The first-order valence-corrected chi connectivity index (χ1v) is 10.5. The van der Waals surface area contributed by atoms with Gasteiger partial charge in [0.25, 0.3) is 5.91 Å². The van der Waals surface area contributed by atoms with E-state index in [1.807, 2.05) is 0 Å². The minimum absolute atomic E-state index is 0.0474. The minimum Gasteiger partial charge on any atom is -0.479 e. The Labute approximate surface area is 210 Å². The molecule has 3 rings (SSSR count). The van der Waals surface area contributed by atoms with Gasteiger partial charge in [-0.25, -0.2) is 4.98 Å². The van der Waals surface area contributed by atoms with E-state index in [1.54, 1.807) is 0 Å². The summed E-state index contributed by atoms with van der Waals surface area (Å²) in [4.78, 5) is 23.8. The lowest BCUT2D eigenvalue weighted by molar-refractivity contribution is -0.274. The van der Waals surface area contributed by atoms with Gasteiger partial charge in [0.1, 0.15) is 5.75 Å². The molecule has 1 aromatic heterocycles. The molecule has 198 valence electrons. The molecule has 0 saturated carbocycles.